The predicted molar refractivity (Wildman–Crippen MR) is 125 cm³/mol. The third-order valence-electron chi connectivity index (χ3n) is 6.29. The lowest BCUT2D eigenvalue weighted by molar-refractivity contribution is -0.121. The molecule has 1 aromatic heterocycles. The fourth-order valence-electron chi connectivity index (χ4n) is 4.53. The summed E-state index contributed by atoms with van der Waals surface area (Å²) in [6.45, 7) is 5.69. The van der Waals surface area contributed by atoms with Crippen LogP contribution in [-0.4, -0.2) is 55.1 Å². The predicted octanol–water partition coefficient (Wildman–Crippen LogP) is 4.29. The van der Waals surface area contributed by atoms with Crippen LogP contribution >= 0.6 is 11.3 Å². The zero-order valence-corrected chi connectivity index (χ0v) is 20.3. The topological polar surface area (TPSA) is 109 Å². The number of esters is 2. The number of carbonyl (C=O) groups excluding carboxylic acids is 3. The number of carbonyl (C=O) groups is 3. The van der Waals surface area contributed by atoms with Gasteiger partial charge < -0.3 is 19.7 Å². The Morgan fingerprint density at radius 1 is 1.15 bits per heavy atom. The molecule has 1 aromatic rings. The van der Waals surface area contributed by atoms with Crippen molar-refractivity contribution in [1.82, 2.24) is 4.90 Å². The van der Waals surface area contributed by atoms with Crippen molar-refractivity contribution in [3.63, 3.8) is 0 Å². The molecule has 0 spiro atoms. The molecule has 1 N–H and O–H groups in total. The summed E-state index contributed by atoms with van der Waals surface area (Å²) >= 11 is 1.08. The van der Waals surface area contributed by atoms with Crippen molar-refractivity contribution < 1.29 is 23.9 Å². The number of ether oxygens (including phenoxy) is 2. The van der Waals surface area contributed by atoms with Crippen LogP contribution in [0.3, 0.4) is 0 Å². The molecule has 0 aromatic carbocycles. The van der Waals surface area contributed by atoms with Crippen LogP contribution in [-0.2, 0) is 14.3 Å². The highest BCUT2D eigenvalue weighted by Gasteiger charge is 2.31. The van der Waals surface area contributed by atoms with Gasteiger partial charge in [-0.15, -0.1) is 11.3 Å². The van der Waals surface area contributed by atoms with Crippen molar-refractivity contribution >= 4 is 34.2 Å². The summed E-state index contributed by atoms with van der Waals surface area (Å²) in [6.07, 6.45) is 6.90. The van der Waals surface area contributed by atoms with Crippen LogP contribution in [0.15, 0.2) is 0 Å². The van der Waals surface area contributed by atoms with E-state index in [0.717, 1.165) is 62.8 Å². The third kappa shape index (κ3) is 6.55. The molecule has 1 saturated heterocycles. The monoisotopic (exact) mass is 475 g/mol. The quantitative estimate of drug-likeness (QED) is 0.559. The number of hydrogen-bond donors (Lipinski definition) is 1. The zero-order chi connectivity index (χ0) is 23.8. The van der Waals surface area contributed by atoms with Gasteiger partial charge in [0.15, 0.2) is 0 Å². The van der Waals surface area contributed by atoms with Gasteiger partial charge in [0, 0.05) is 19.5 Å². The fraction of sp³-hybridized carbons (Fsp3) is 0.667. The molecule has 1 aliphatic heterocycles. The van der Waals surface area contributed by atoms with E-state index in [4.69, 9.17) is 14.7 Å². The Hall–Kier alpha value is -2.44. The highest BCUT2D eigenvalue weighted by molar-refractivity contribution is 7.18. The maximum absolute atomic E-state index is 13.1. The lowest BCUT2D eigenvalue weighted by Crippen LogP contribution is -2.41. The lowest BCUT2D eigenvalue weighted by atomic mass is 9.97. The van der Waals surface area contributed by atoms with Crippen LogP contribution in [0.2, 0.25) is 0 Å². The maximum Gasteiger partial charge on any atom is 0.348 e. The molecular weight excluding hydrogens is 442 g/mol. The standard InChI is InChI=1S/C24H33N3O5S/c1-3-31-23(29)19-16(2)20(24(30)32-18-10-5-4-6-11-18)33-22(19)26-21(28)17-9-7-13-27(15-17)14-8-12-25/h17-18H,3-11,13-15H2,1-2H3,(H,26,28). The molecule has 2 aliphatic rings. The number of nitriles is 1. The molecule has 0 bridgehead atoms. The van der Waals surface area contributed by atoms with E-state index in [-0.39, 0.29) is 30.1 Å². The minimum Gasteiger partial charge on any atom is -0.462 e. The number of thiophene rings is 1. The summed E-state index contributed by atoms with van der Waals surface area (Å²) in [5.41, 5.74) is 0.705. The molecule has 2 fully saturated rings. The average Bonchev–Trinajstić information content (AvgIpc) is 3.14. The van der Waals surface area contributed by atoms with E-state index in [2.05, 4.69) is 16.3 Å². The van der Waals surface area contributed by atoms with Crippen LogP contribution in [0.1, 0.15) is 83.9 Å². The third-order valence-corrected chi connectivity index (χ3v) is 7.48. The lowest BCUT2D eigenvalue weighted by Gasteiger charge is -2.31. The summed E-state index contributed by atoms with van der Waals surface area (Å²) in [4.78, 5) is 41.1. The molecule has 180 valence electrons. The van der Waals surface area contributed by atoms with E-state index in [0.29, 0.717) is 35.0 Å². The Morgan fingerprint density at radius 3 is 2.61 bits per heavy atom. The number of anilines is 1. The van der Waals surface area contributed by atoms with Gasteiger partial charge in [0.1, 0.15) is 16.0 Å². The molecule has 9 heteroatoms. The maximum atomic E-state index is 13.1. The molecule has 2 heterocycles. The molecular formula is C24H33N3O5S. The first-order chi connectivity index (χ1) is 15.9. The van der Waals surface area contributed by atoms with Crippen molar-refractivity contribution in [3.05, 3.63) is 16.0 Å². The minimum absolute atomic E-state index is 0.0986. The van der Waals surface area contributed by atoms with Crippen LogP contribution < -0.4 is 5.32 Å². The molecule has 1 unspecified atom stereocenters. The van der Waals surface area contributed by atoms with Gasteiger partial charge >= 0.3 is 11.9 Å². The van der Waals surface area contributed by atoms with E-state index in [1.165, 1.54) is 0 Å². The molecule has 0 radical (unpaired) electrons. The molecule has 8 nitrogen and oxygen atoms in total. The van der Waals surface area contributed by atoms with Crippen LogP contribution in [0.4, 0.5) is 5.00 Å². The van der Waals surface area contributed by atoms with Crippen molar-refractivity contribution in [2.24, 2.45) is 5.92 Å². The first kappa shape index (κ1) is 25.2. The van der Waals surface area contributed by atoms with Crippen LogP contribution in [0.25, 0.3) is 0 Å². The highest BCUT2D eigenvalue weighted by atomic mass is 32.1. The Morgan fingerprint density at radius 2 is 1.91 bits per heavy atom. The molecule has 33 heavy (non-hydrogen) atoms. The van der Waals surface area contributed by atoms with Crippen molar-refractivity contribution in [1.29, 1.82) is 5.26 Å². The van der Waals surface area contributed by atoms with Crippen molar-refractivity contribution in [3.8, 4) is 6.07 Å². The number of hydrogen-bond acceptors (Lipinski definition) is 8. The van der Waals surface area contributed by atoms with Gasteiger partial charge in [-0.1, -0.05) is 6.42 Å². The molecule has 3 rings (SSSR count). The van der Waals surface area contributed by atoms with Crippen LogP contribution in [0.5, 0.6) is 0 Å². The Labute approximate surface area is 199 Å². The van der Waals surface area contributed by atoms with E-state index < -0.39 is 11.9 Å². The van der Waals surface area contributed by atoms with Gasteiger partial charge in [0.2, 0.25) is 5.91 Å². The summed E-state index contributed by atoms with van der Waals surface area (Å²) in [5, 5.41) is 12.1. The van der Waals surface area contributed by atoms with Gasteiger partial charge in [-0.25, -0.2) is 9.59 Å². The summed E-state index contributed by atoms with van der Waals surface area (Å²) in [7, 11) is 0. The van der Waals surface area contributed by atoms with E-state index >= 15 is 0 Å². The Balaban J connectivity index is 1.77. The number of amides is 1. The van der Waals surface area contributed by atoms with Crippen molar-refractivity contribution in [2.45, 2.75) is 71.3 Å². The highest BCUT2D eigenvalue weighted by Crippen LogP contribution is 2.36. The average molecular weight is 476 g/mol. The SMILES string of the molecule is CCOC(=O)c1c(NC(=O)C2CCCN(CCC#N)C2)sc(C(=O)OC2CCCCC2)c1C. The zero-order valence-electron chi connectivity index (χ0n) is 19.5. The second-order valence-electron chi connectivity index (χ2n) is 8.68. The molecule has 1 saturated carbocycles. The normalized spacial score (nSPS) is 19.5. The summed E-state index contributed by atoms with van der Waals surface area (Å²) in [6, 6.07) is 2.14. The van der Waals surface area contributed by atoms with Gasteiger partial charge in [0.05, 0.1) is 24.2 Å². The summed E-state index contributed by atoms with van der Waals surface area (Å²) in [5.74, 6) is -1.43. The molecule has 1 atom stereocenters. The van der Waals surface area contributed by atoms with Crippen LogP contribution in [0, 0.1) is 24.2 Å². The van der Waals surface area contributed by atoms with E-state index in [1.54, 1.807) is 13.8 Å². The van der Waals surface area contributed by atoms with E-state index in [9.17, 15) is 14.4 Å². The van der Waals surface area contributed by atoms with E-state index in [1.807, 2.05) is 0 Å². The fourth-order valence-corrected chi connectivity index (χ4v) is 5.61. The minimum atomic E-state index is -0.558. The Bertz CT molecular complexity index is 901. The number of piperidine rings is 1. The number of rotatable bonds is 8. The van der Waals surface area contributed by atoms with Gasteiger partial charge in [0.25, 0.3) is 0 Å². The first-order valence-corrected chi connectivity index (χ1v) is 12.7. The first-order valence-electron chi connectivity index (χ1n) is 11.9. The molecule has 1 aliphatic carbocycles. The van der Waals surface area contributed by atoms with Gasteiger partial charge in [-0.2, -0.15) is 5.26 Å². The van der Waals surface area contributed by atoms with Crippen molar-refractivity contribution in [2.75, 3.05) is 31.6 Å². The second kappa shape index (κ2) is 12.1. The van der Waals surface area contributed by atoms with Gasteiger partial charge in [-0.05, 0) is 64.5 Å². The molecule has 1 amide bonds. The summed E-state index contributed by atoms with van der Waals surface area (Å²) < 4.78 is 10.9. The number of likely N-dealkylation sites (tertiary alicyclic amines) is 1. The Kier molecular flexibility index (Phi) is 9.27. The number of nitrogens with zero attached hydrogens (tertiary/aromatic N) is 2. The second-order valence-corrected chi connectivity index (χ2v) is 9.70. The number of nitrogens with one attached hydrogen (secondary N) is 1. The smallest absolute Gasteiger partial charge is 0.348 e. The largest absolute Gasteiger partial charge is 0.462 e. The van der Waals surface area contributed by atoms with Gasteiger partial charge in [-0.3, -0.25) is 4.79 Å².